The molecule has 284 valence electrons. The number of para-hydroxylation sites is 2. The van der Waals surface area contributed by atoms with Gasteiger partial charge < -0.3 is 9.80 Å². The fraction of sp³-hybridized carbons (Fsp3) is 0. The van der Waals surface area contributed by atoms with Crippen LogP contribution in [0.15, 0.2) is 243 Å². The molecule has 10 aromatic rings. The molecule has 0 saturated heterocycles. The number of nitrogens with zero attached hydrogens (tertiary/aromatic N) is 2. The molecule has 0 unspecified atom stereocenters. The molecule has 0 atom stereocenters. The molecule has 10 aromatic carbocycles. The molecule has 0 bridgehead atoms. The van der Waals surface area contributed by atoms with Crippen molar-refractivity contribution in [1.29, 1.82) is 0 Å². The summed E-state index contributed by atoms with van der Waals surface area (Å²) in [7, 11) is 0. The van der Waals surface area contributed by atoms with Crippen LogP contribution in [0.2, 0.25) is 0 Å². The van der Waals surface area contributed by atoms with Crippen LogP contribution in [-0.2, 0) is 0 Å². The smallest absolute Gasteiger partial charge is 0.0468 e. The van der Waals surface area contributed by atoms with Crippen molar-refractivity contribution >= 4 is 67.8 Å². The third-order valence-corrected chi connectivity index (χ3v) is 11.2. The molecule has 0 N–H and O–H groups in total. The lowest BCUT2D eigenvalue weighted by Gasteiger charge is -2.26. The molecule has 60 heavy (non-hydrogen) atoms. The minimum absolute atomic E-state index is 1.12. The Bertz CT molecular complexity index is 2830. The molecular weight excluding hydrogens is 725 g/mol. The first kappa shape index (κ1) is 36.4. The molecule has 0 aromatic heterocycles. The summed E-state index contributed by atoms with van der Waals surface area (Å²) >= 11 is 0. The third kappa shape index (κ3) is 7.70. The van der Waals surface area contributed by atoms with Crippen molar-refractivity contribution < 1.29 is 0 Å². The molecule has 0 spiro atoms. The highest BCUT2D eigenvalue weighted by Gasteiger charge is 2.15. The lowest BCUT2D eigenvalue weighted by atomic mass is 10.0. The van der Waals surface area contributed by atoms with Gasteiger partial charge in [0.2, 0.25) is 0 Å². The fourth-order valence-electron chi connectivity index (χ4n) is 8.05. The van der Waals surface area contributed by atoms with Crippen LogP contribution in [0, 0.1) is 0 Å². The maximum Gasteiger partial charge on any atom is 0.0468 e. The van der Waals surface area contributed by atoms with Crippen molar-refractivity contribution in [3.63, 3.8) is 0 Å². The van der Waals surface area contributed by atoms with Gasteiger partial charge >= 0.3 is 0 Å². The maximum atomic E-state index is 2.32. The highest BCUT2D eigenvalue weighted by molar-refractivity contribution is 5.91. The van der Waals surface area contributed by atoms with Gasteiger partial charge in [-0.2, -0.15) is 0 Å². The van der Waals surface area contributed by atoms with E-state index in [1.807, 2.05) is 0 Å². The van der Waals surface area contributed by atoms with Crippen LogP contribution in [0.5, 0.6) is 0 Å². The van der Waals surface area contributed by atoms with Gasteiger partial charge in [-0.1, -0.05) is 182 Å². The molecule has 0 amide bonds. The average Bonchev–Trinajstić information content (AvgIpc) is 3.32. The predicted octanol–water partition coefficient (Wildman–Crippen LogP) is 16.4. The lowest BCUT2D eigenvalue weighted by Crippen LogP contribution is -2.09. The van der Waals surface area contributed by atoms with E-state index in [0.717, 1.165) is 45.3 Å². The van der Waals surface area contributed by atoms with Crippen LogP contribution in [-0.4, -0.2) is 0 Å². The fourth-order valence-corrected chi connectivity index (χ4v) is 8.05. The first-order valence-electron chi connectivity index (χ1n) is 20.5. The van der Waals surface area contributed by atoms with Gasteiger partial charge in [0.1, 0.15) is 0 Å². The van der Waals surface area contributed by atoms with Gasteiger partial charge in [0.15, 0.2) is 0 Å². The predicted molar refractivity (Wildman–Crippen MR) is 257 cm³/mol. The summed E-state index contributed by atoms with van der Waals surface area (Å²) < 4.78 is 0. The Hall–Kier alpha value is -7.94. The topological polar surface area (TPSA) is 6.48 Å². The summed E-state index contributed by atoms with van der Waals surface area (Å²) in [6, 6.07) is 86.9. The Morgan fingerprint density at radius 2 is 0.500 bits per heavy atom. The lowest BCUT2D eigenvalue weighted by molar-refractivity contribution is 1.29. The number of benzene rings is 10. The molecule has 0 aliphatic carbocycles. The van der Waals surface area contributed by atoms with E-state index in [2.05, 4.69) is 265 Å². The van der Waals surface area contributed by atoms with Crippen molar-refractivity contribution in [2.75, 3.05) is 9.80 Å². The molecule has 10 rings (SSSR count). The van der Waals surface area contributed by atoms with Crippen LogP contribution >= 0.6 is 0 Å². The van der Waals surface area contributed by atoms with E-state index in [1.165, 1.54) is 43.8 Å². The van der Waals surface area contributed by atoms with E-state index < -0.39 is 0 Å². The zero-order valence-corrected chi connectivity index (χ0v) is 33.1. The second-order valence-electron chi connectivity index (χ2n) is 15.1. The van der Waals surface area contributed by atoms with Gasteiger partial charge in [-0.3, -0.25) is 0 Å². The Balaban J connectivity index is 0.827. The minimum Gasteiger partial charge on any atom is -0.310 e. The standard InChI is InChI=1S/C58H42N2/c1-3-15-53(16-4-1)59(57-39-33-45-11-7-9-13-51(45)41-57)55-35-29-49(30-36-55)47-25-21-43(22-26-47)19-20-44-23-27-48(28-24-44)50-31-37-56(38-32-50)60(54-17-5-2-6-18-54)58-40-34-46-12-8-10-14-52(46)42-58/h1-42H/b20-19+. The first-order valence-corrected chi connectivity index (χ1v) is 20.5. The summed E-state index contributed by atoms with van der Waals surface area (Å²) in [5.74, 6) is 0. The van der Waals surface area contributed by atoms with Crippen LogP contribution < -0.4 is 9.80 Å². The summed E-state index contributed by atoms with van der Waals surface area (Å²) in [6.07, 6.45) is 4.37. The summed E-state index contributed by atoms with van der Waals surface area (Å²) in [6.45, 7) is 0. The number of rotatable bonds is 10. The number of hydrogen-bond donors (Lipinski definition) is 0. The molecule has 0 radical (unpaired) electrons. The molecule has 2 nitrogen and oxygen atoms in total. The van der Waals surface area contributed by atoms with Crippen molar-refractivity contribution in [1.82, 2.24) is 0 Å². The van der Waals surface area contributed by atoms with E-state index in [0.29, 0.717) is 0 Å². The summed E-state index contributed by atoms with van der Waals surface area (Å²) in [4.78, 5) is 4.64. The minimum atomic E-state index is 1.12. The number of hydrogen-bond acceptors (Lipinski definition) is 2. The normalized spacial score (nSPS) is 11.3. The zero-order valence-electron chi connectivity index (χ0n) is 33.1. The zero-order chi connectivity index (χ0) is 40.1. The van der Waals surface area contributed by atoms with Crippen molar-refractivity contribution in [3.8, 4) is 22.3 Å². The highest BCUT2D eigenvalue weighted by Crippen LogP contribution is 2.39. The second kappa shape index (κ2) is 16.5. The van der Waals surface area contributed by atoms with Crippen molar-refractivity contribution in [3.05, 3.63) is 254 Å². The molecule has 0 saturated carbocycles. The Kier molecular flexibility index (Phi) is 10.0. The first-order chi connectivity index (χ1) is 29.7. The third-order valence-electron chi connectivity index (χ3n) is 11.2. The van der Waals surface area contributed by atoms with Gasteiger partial charge in [-0.15, -0.1) is 0 Å². The molecule has 0 fully saturated rings. The molecule has 0 heterocycles. The second-order valence-corrected chi connectivity index (χ2v) is 15.1. The average molecular weight is 767 g/mol. The largest absolute Gasteiger partial charge is 0.310 e. The molecule has 2 heteroatoms. The molecular formula is C58H42N2. The number of fused-ring (bicyclic) bond motifs is 2. The van der Waals surface area contributed by atoms with Crippen molar-refractivity contribution in [2.24, 2.45) is 0 Å². The Morgan fingerprint density at radius 1 is 0.217 bits per heavy atom. The van der Waals surface area contributed by atoms with Crippen LogP contribution in [0.3, 0.4) is 0 Å². The Labute approximate surface area is 352 Å². The van der Waals surface area contributed by atoms with E-state index in [1.54, 1.807) is 0 Å². The number of anilines is 6. The molecule has 0 aliphatic heterocycles. The summed E-state index contributed by atoms with van der Waals surface area (Å²) in [5, 5.41) is 4.93. The van der Waals surface area contributed by atoms with Crippen LogP contribution in [0.4, 0.5) is 34.1 Å². The maximum absolute atomic E-state index is 2.32. The van der Waals surface area contributed by atoms with Crippen molar-refractivity contribution in [2.45, 2.75) is 0 Å². The quantitative estimate of drug-likeness (QED) is 0.128. The Morgan fingerprint density at radius 3 is 0.867 bits per heavy atom. The van der Waals surface area contributed by atoms with E-state index in [-0.39, 0.29) is 0 Å². The van der Waals surface area contributed by atoms with E-state index >= 15 is 0 Å². The van der Waals surface area contributed by atoms with Gasteiger partial charge in [0.25, 0.3) is 0 Å². The summed E-state index contributed by atoms with van der Waals surface area (Å²) in [5.41, 5.74) is 13.8. The molecule has 0 aliphatic rings. The monoisotopic (exact) mass is 766 g/mol. The van der Waals surface area contributed by atoms with Crippen LogP contribution in [0.1, 0.15) is 11.1 Å². The van der Waals surface area contributed by atoms with Gasteiger partial charge in [0, 0.05) is 34.1 Å². The van der Waals surface area contributed by atoms with E-state index in [9.17, 15) is 0 Å². The SMILES string of the molecule is C(=C\c1ccc(-c2ccc(N(c3ccccc3)c3ccc4ccccc4c3)cc2)cc1)/c1ccc(-c2ccc(N(c3ccccc3)c3ccc4ccccc4c3)cc2)cc1. The van der Waals surface area contributed by atoms with Crippen LogP contribution in [0.25, 0.3) is 56.0 Å². The van der Waals surface area contributed by atoms with Gasteiger partial charge in [0.05, 0.1) is 0 Å². The van der Waals surface area contributed by atoms with E-state index in [4.69, 9.17) is 0 Å². The van der Waals surface area contributed by atoms with Gasteiger partial charge in [-0.05, 0) is 128 Å². The van der Waals surface area contributed by atoms with Gasteiger partial charge in [-0.25, -0.2) is 0 Å². The highest BCUT2D eigenvalue weighted by atomic mass is 15.1.